The van der Waals surface area contributed by atoms with Gasteiger partial charge in [-0.25, -0.2) is 4.79 Å². The number of nitrogens with two attached hydrogens (primary N) is 2. The smallest absolute Gasteiger partial charge is 0.417 e. The summed E-state index contributed by atoms with van der Waals surface area (Å²) in [4.78, 5) is 25.5. The third-order valence-electron chi connectivity index (χ3n) is 4.30. The zero-order chi connectivity index (χ0) is 31.6. The lowest BCUT2D eigenvalue weighted by molar-refractivity contribution is -0.142. The first-order chi connectivity index (χ1) is 17.8. The van der Waals surface area contributed by atoms with Crippen LogP contribution < -0.4 is 11.5 Å². The lowest BCUT2D eigenvalue weighted by Gasteiger charge is -2.16. The molecule has 2 aromatic rings. The Morgan fingerprint density at radius 2 is 0.975 bits per heavy atom. The summed E-state index contributed by atoms with van der Waals surface area (Å²) in [7, 11) is 0.776. The van der Waals surface area contributed by atoms with E-state index in [9.17, 15) is 62.3 Å². The van der Waals surface area contributed by atoms with Crippen LogP contribution in [0.5, 0.6) is 0 Å². The molecule has 20 heteroatoms. The highest BCUT2D eigenvalue weighted by molar-refractivity contribution is 9.10. The molecule has 2 aromatic carbocycles. The fourth-order valence-corrected chi connectivity index (χ4v) is 3.82. The van der Waals surface area contributed by atoms with E-state index < -0.39 is 84.9 Å². The number of halogens is 14. The standard InChI is InChI=1S/C10H6BrF6N3O.C10H5BrF6O2/c11-6-2-4(9(12,13)14)3(7(21)20-8(18)19)1-5(6)10(15,16)17;1-19-8(18)4-2-6(10(15,16)17)7(11)3-5(4)9(12,13)14/h1-2H,(H4,18,19,20,21);2-3H,1H3. The number of rotatable bonds is 2. The van der Waals surface area contributed by atoms with Crippen molar-refractivity contribution >= 4 is 49.7 Å². The lowest BCUT2D eigenvalue weighted by Crippen LogP contribution is -2.25. The van der Waals surface area contributed by atoms with E-state index in [0.29, 0.717) is 0 Å². The molecule has 222 valence electrons. The summed E-state index contributed by atoms with van der Waals surface area (Å²) in [5, 5.41) is 0. The Balaban J connectivity index is 0.000000402. The molecule has 2 rings (SSSR count). The number of ether oxygens (including phenoxy) is 1. The van der Waals surface area contributed by atoms with E-state index in [1.807, 2.05) is 0 Å². The van der Waals surface area contributed by atoms with Gasteiger partial charge in [-0.05, 0) is 24.3 Å². The number of carbonyl (C=O) groups excluding carboxylic acids is 2. The molecular weight excluding hydrogens is 718 g/mol. The van der Waals surface area contributed by atoms with Crippen molar-refractivity contribution in [1.29, 1.82) is 0 Å². The highest BCUT2D eigenvalue weighted by Crippen LogP contribution is 2.42. The van der Waals surface area contributed by atoms with Crippen LogP contribution >= 0.6 is 31.9 Å². The van der Waals surface area contributed by atoms with Gasteiger partial charge < -0.3 is 16.2 Å². The number of hydrogen-bond acceptors (Lipinski definition) is 3. The summed E-state index contributed by atoms with van der Waals surface area (Å²) in [6, 6.07) is 0.508. The highest BCUT2D eigenvalue weighted by Gasteiger charge is 2.42. The number of esters is 1. The molecule has 0 fully saturated rings. The third-order valence-corrected chi connectivity index (χ3v) is 5.61. The number of methoxy groups -OCH3 is 1. The van der Waals surface area contributed by atoms with Crippen molar-refractivity contribution in [2.24, 2.45) is 16.5 Å². The molecule has 0 spiro atoms. The first-order valence-electron chi connectivity index (χ1n) is 9.50. The van der Waals surface area contributed by atoms with Crippen molar-refractivity contribution in [3.8, 4) is 0 Å². The van der Waals surface area contributed by atoms with Gasteiger partial charge in [0.1, 0.15) is 0 Å². The topological polar surface area (TPSA) is 108 Å². The normalized spacial score (nSPS) is 12.3. The van der Waals surface area contributed by atoms with Gasteiger partial charge in [0.25, 0.3) is 5.91 Å². The van der Waals surface area contributed by atoms with E-state index in [2.05, 4.69) is 41.6 Å². The Bertz CT molecular complexity index is 1310. The maximum atomic E-state index is 12.8. The maximum absolute atomic E-state index is 12.8. The molecule has 0 saturated heterocycles. The van der Waals surface area contributed by atoms with E-state index in [1.54, 1.807) is 0 Å². The Labute approximate surface area is 231 Å². The Kier molecular flexibility index (Phi) is 10.7. The van der Waals surface area contributed by atoms with Crippen molar-refractivity contribution < 1.29 is 67.0 Å². The number of hydrogen-bond donors (Lipinski definition) is 2. The van der Waals surface area contributed by atoms with Gasteiger partial charge >= 0.3 is 30.7 Å². The van der Waals surface area contributed by atoms with Gasteiger partial charge in [0.15, 0.2) is 5.96 Å². The van der Waals surface area contributed by atoms with Gasteiger partial charge in [-0.2, -0.15) is 57.7 Å². The Morgan fingerprint density at radius 3 is 1.27 bits per heavy atom. The highest BCUT2D eigenvalue weighted by atomic mass is 79.9. The van der Waals surface area contributed by atoms with E-state index in [-0.39, 0.29) is 24.3 Å². The van der Waals surface area contributed by atoms with Crippen molar-refractivity contribution in [1.82, 2.24) is 0 Å². The van der Waals surface area contributed by atoms with Gasteiger partial charge in [-0.3, -0.25) is 4.79 Å². The Hall–Kier alpha value is -3.03. The van der Waals surface area contributed by atoms with E-state index in [0.717, 1.165) is 7.11 Å². The van der Waals surface area contributed by atoms with Gasteiger partial charge in [0, 0.05) is 8.95 Å². The van der Waals surface area contributed by atoms with E-state index in [1.165, 1.54) is 0 Å². The van der Waals surface area contributed by atoms with Crippen molar-refractivity contribution in [3.05, 3.63) is 66.6 Å². The number of nitrogens with zero attached hydrogens (tertiary/aromatic N) is 1. The molecule has 0 atom stereocenters. The summed E-state index contributed by atoms with van der Waals surface area (Å²) in [5.41, 5.74) is 1.26. The summed E-state index contributed by atoms with van der Waals surface area (Å²) in [6.07, 6.45) is -19.9. The fraction of sp³-hybridized carbons (Fsp3) is 0.250. The van der Waals surface area contributed by atoms with Gasteiger partial charge in [-0.15, -0.1) is 0 Å². The van der Waals surface area contributed by atoms with Gasteiger partial charge in [0.2, 0.25) is 0 Å². The van der Waals surface area contributed by atoms with Crippen molar-refractivity contribution in [3.63, 3.8) is 0 Å². The van der Waals surface area contributed by atoms with Crippen molar-refractivity contribution in [2.45, 2.75) is 24.7 Å². The molecule has 0 heterocycles. The first kappa shape index (κ1) is 35.0. The van der Waals surface area contributed by atoms with Crippen LogP contribution in [0.4, 0.5) is 52.7 Å². The molecule has 6 nitrogen and oxygen atoms in total. The molecule has 0 aliphatic heterocycles. The second-order valence-electron chi connectivity index (χ2n) is 7.08. The molecule has 0 saturated carbocycles. The second-order valence-corrected chi connectivity index (χ2v) is 8.79. The molecule has 0 aliphatic carbocycles. The van der Waals surface area contributed by atoms with Gasteiger partial charge in [-0.1, -0.05) is 31.9 Å². The predicted octanol–water partition coefficient (Wildman–Crippen LogP) is 7.17. The molecule has 0 bridgehead atoms. The average Bonchev–Trinajstić information content (AvgIpc) is 2.75. The zero-order valence-electron chi connectivity index (χ0n) is 18.9. The molecule has 0 radical (unpaired) electrons. The van der Waals surface area contributed by atoms with Crippen LogP contribution in [0.25, 0.3) is 0 Å². The minimum absolute atomic E-state index is 0.0433. The fourth-order valence-electron chi connectivity index (χ4n) is 2.68. The van der Waals surface area contributed by atoms with E-state index in [4.69, 9.17) is 11.5 Å². The number of alkyl halides is 12. The molecule has 0 aromatic heterocycles. The Morgan fingerprint density at radius 1 is 0.650 bits per heavy atom. The van der Waals surface area contributed by atoms with E-state index >= 15 is 0 Å². The van der Waals surface area contributed by atoms with Crippen LogP contribution in [0.3, 0.4) is 0 Å². The molecule has 40 heavy (non-hydrogen) atoms. The summed E-state index contributed by atoms with van der Waals surface area (Å²) in [6.45, 7) is 0. The quantitative estimate of drug-likeness (QED) is 0.148. The third kappa shape index (κ3) is 9.00. The molecule has 4 N–H and O–H groups in total. The lowest BCUT2D eigenvalue weighted by atomic mass is 10.0. The van der Waals surface area contributed by atoms with Crippen molar-refractivity contribution in [2.75, 3.05) is 7.11 Å². The number of guanidine groups is 1. The minimum Gasteiger partial charge on any atom is -0.465 e. The predicted molar refractivity (Wildman–Crippen MR) is 120 cm³/mol. The average molecular weight is 729 g/mol. The monoisotopic (exact) mass is 727 g/mol. The number of carbonyl (C=O) groups is 2. The summed E-state index contributed by atoms with van der Waals surface area (Å²) >= 11 is 4.80. The van der Waals surface area contributed by atoms with Crippen LogP contribution in [0.1, 0.15) is 43.0 Å². The van der Waals surface area contributed by atoms with Crippen LogP contribution in [-0.2, 0) is 29.4 Å². The van der Waals surface area contributed by atoms with Crippen LogP contribution in [0.15, 0.2) is 38.2 Å². The van der Waals surface area contributed by atoms with Crippen LogP contribution in [0, 0.1) is 0 Å². The minimum atomic E-state index is -5.06. The zero-order valence-corrected chi connectivity index (χ0v) is 22.1. The second kappa shape index (κ2) is 12.2. The summed E-state index contributed by atoms with van der Waals surface area (Å²) in [5.74, 6) is -3.99. The van der Waals surface area contributed by atoms with Crippen LogP contribution in [0.2, 0.25) is 0 Å². The number of aliphatic imine (C=N–C) groups is 1. The van der Waals surface area contributed by atoms with Gasteiger partial charge in [0.05, 0.1) is 40.5 Å². The number of amides is 1. The van der Waals surface area contributed by atoms with Crippen LogP contribution in [-0.4, -0.2) is 24.9 Å². The molecular formula is C20H11Br2F12N3O3. The summed E-state index contributed by atoms with van der Waals surface area (Å²) < 4.78 is 154. The largest absolute Gasteiger partial charge is 0.465 e. The number of benzene rings is 2. The SMILES string of the molecule is COC(=O)c1cc(C(F)(F)F)c(Br)cc1C(F)(F)F.NC(N)=NC(=O)c1cc(C(F)(F)F)c(Br)cc1C(F)(F)F. The maximum Gasteiger partial charge on any atom is 0.417 e. The molecule has 1 amide bonds. The molecule has 0 aliphatic rings. The molecule has 0 unspecified atom stereocenters. The first-order valence-corrected chi connectivity index (χ1v) is 11.1.